The van der Waals surface area contributed by atoms with E-state index in [-0.39, 0.29) is 17.4 Å². The number of hydrogen-bond donors (Lipinski definition) is 1. The number of aliphatic hydroxyl groups excluding tert-OH is 1. The number of aryl methyl sites for hydroxylation is 1. The molecule has 1 aliphatic heterocycles. The average Bonchev–Trinajstić information content (AvgIpc) is 2.47. The van der Waals surface area contributed by atoms with Gasteiger partial charge in [-0.25, -0.2) is 8.42 Å². The predicted octanol–water partition coefficient (Wildman–Crippen LogP) is 0.149. The molecule has 1 aromatic carbocycles. The van der Waals surface area contributed by atoms with E-state index in [2.05, 4.69) is 4.90 Å². The van der Waals surface area contributed by atoms with Crippen molar-refractivity contribution in [2.45, 2.75) is 11.8 Å². The molecule has 122 valence electrons. The Kier molecular flexibility index (Phi) is 5.20. The first-order valence-electron chi connectivity index (χ1n) is 7.26. The number of β-amino-alcohol motifs (C(OH)–C–C–N with tert-alkyl or cyclic N) is 1. The molecule has 1 saturated heterocycles. The molecule has 0 radical (unpaired) electrons. The van der Waals surface area contributed by atoms with Gasteiger partial charge in [0.25, 0.3) is 5.91 Å². The summed E-state index contributed by atoms with van der Waals surface area (Å²) in [5.74, 6) is -0.145. The second-order valence-corrected chi connectivity index (χ2v) is 7.59. The molecular formula is C15H22N2O4S. The fourth-order valence-electron chi connectivity index (χ4n) is 2.63. The van der Waals surface area contributed by atoms with Crippen molar-refractivity contribution >= 4 is 15.7 Å². The topological polar surface area (TPSA) is 77.9 Å². The number of carbonyl (C=O) groups excluding carboxylic acids is 1. The number of sulfone groups is 1. The summed E-state index contributed by atoms with van der Waals surface area (Å²) in [6, 6.07) is 4.81. The second kappa shape index (κ2) is 6.76. The molecule has 22 heavy (non-hydrogen) atoms. The maximum absolute atomic E-state index is 12.5. The molecule has 1 N–H and O–H groups in total. The van der Waals surface area contributed by atoms with E-state index in [1.165, 1.54) is 6.07 Å². The van der Waals surface area contributed by atoms with Crippen molar-refractivity contribution in [2.24, 2.45) is 0 Å². The molecule has 2 rings (SSSR count). The Bertz CT molecular complexity index is 650. The first-order chi connectivity index (χ1) is 10.3. The second-order valence-electron chi connectivity index (χ2n) is 5.61. The zero-order valence-electron chi connectivity index (χ0n) is 12.9. The van der Waals surface area contributed by atoms with Crippen LogP contribution in [0.4, 0.5) is 0 Å². The third-order valence-electron chi connectivity index (χ3n) is 3.91. The van der Waals surface area contributed by atoms with Crippen LogP contribution in [0.3, 0.4) is 0 Å². The van der Waals surface area contributed by atoms with Gasteiger partial charge in [0.1, 0.15) is 0 Å². The molecule has 1 amide bonds. The normalized spacial score (nSPS) is 16.8. The number of nitrogens with zero attached hydrogens (tertiary/aromatic N) is 2. The molecule has 0 bridgehead atoms. The van der Waals surface area contributed by atoms with Crippen LogP contribution in [0.1, 0.15) is 15.9 Å². The largest absolute Gasteiger partial charge is 0.395 e. The predicted molar refractivity (Wildman–Crippen MR) is 83.7 cm³/mol. The molecule has 1 aliphatic rings. The molecule has 0 atom stereocenters. The van der Waals surface area contributed by atoms with Crippen LogP contribution in [-0.4, -0.2) is 74.8 Å². The van der Waals surface area contributed by atoms with Gasteiger partial charge >= 0.3 is 0 Å². The van der Waals surface area contributed by atoms with Crippen molar-refractivity contribution in [3.63, 3.8) is 0 Å². The Morgan fingerprint density at radius 2 is 1.86 bits per heavy atom. The third-order valence-corrected chi connectivity index (χ3v) is 5.15. The van der Waals surface area contributed by atoms with E-state index in [4.69, 9.17) is 5.11 Å². The van der Waals surface area contributed by atoms with Crippen LogP contribution in [-0.2, 0) is 9.84 Å². The van der Waals surface area contributed by atoms with Crippen LogP contribution in [0.5, 0.6) is 0 Å². The smallest absolute Gasteiger partial charge is 0.253 e. The van der Waals surface area contributed by atoms with Gasteiger partial charge in [0, 0.05) is 44.5 Å². The maximum atomic E-state index is 12.5. The van der Waals surface area contributed by atoms with Crippen LogP contribution < -0.4 is 0 Å². The highest BCUT2D eigenvalue weighted by Gasteiger charge is 2.23. The number of piperazine rings is 1. The third kappa shape index (κ3) is 3.85. The van der Waals surface area contributed by atoms with E-state index in [0.29, 0.717) is 30.8 Å². The minimum Gasteiger partial charge on any atom is -0.395 e. The summed E-state index contributed by atoms with van der Waals surface area (Å²) in [4.78, 5) is 16.5. The summed E-state index contributed by atoms with van der Waals surface area (Å²) in [7, 11) is -3.34. The Morgan fingerprint density at radius 1 is 1.23 bits per heavy atom. The van der Waals surface area contributed by atoms with Gasteiger partial charge in [-0.05, 0) is 24.6 Å². The van der Waals surface area contributed by atoms with E-state index in [1.54, 1.807) is 24.0 Å². The molecule has 0 saturated carbocycles. The SMILES string of the molecule is Cc1ccc(C(=O)N2CCN(CCO)CC2)cc1S(C)(=O)=O. The summed E-state index contributed by atoms with van der Waals surface area (Å²) in [6.07, 6.45) is 1.15. The average molecular weight is 326 g/mol. The zero-order chi connectivity index (χ0) is 16.3. The summed E-state index contributed by atoms with van der Waals surface area (Å²) < 4.78 is 23.5. The highest BCUT2D eigenvalue weighted by molar-refractivity contribution is 7.90. The number of rotatable bonds is 4. The number of benzene rings is 1. The van der Waals surface area contributed by atoms with E-state index in [0.717, 1.165) is 19.3 Å². The van der Waals surface area contributed by atoms with Gasteiger partial charge < -0.3 is 10.0 Å². The van der Waals surface area contributed by atoms with Crippen molar-refractivity contribution in [1.29, 1.82) is 0 Å². The first kappa shape index (κ1) is 16.9. The standard InChI is InChI=1S/C15H22N2O4S/c1-12-3-4-13(11-14(12)22(2,20)21)15(19)17-7-5-16(6-8-17)9-10-18/h3-4,11,18H,5-10H2,1-2H3. The first-order valence-corrected chi connectivity index (χ1v) is 9.15. The fourth-order valence-corrected chi connectivity index (χ4v) is 3.63. The molecule has 7 heteroatoms. The molecular weight excluding hydrogens is 304 g/mol. The van der Waals surface area contributed by atoms with Crippen LogP contribution in [0.15, 0.2) is 23.1 Å². The maximum Gasteiger partial charge on any atom is 0.253 e. The van der Waals surface area contributed by atoms with Crippen LogP contribution >= 0.6 is 0 Å². The molecule has 1 heterocycles. The lowest BCUT2D eigenvalue weighted by Crippen LogP contribution is -2.49. The monoisotopic (exact) mass is 326 g/mol. The number of carbonyl (C=O) groups is 1. The van der Waals surface area contributed by atoms with Gasteiger partial charge in [0.2, 0.25) is 0 Å². The Balaban J connectivity index is 2.14. The zero-order valence-corrected chi connectivity index (χ0v) is 13.8. The van der Waals surface area contributed by atoms with Crippen molar-refractivity contribution in [3.05, 3.63) is 29.3 Å². The minimum atomic E-state index is -3.34. The summed E-state index contributed by atoms with van der Waals surface area (Å²) in [6.45, 7) is 5.06. The van der Waals surface area contributed by atoms with Gasteiger partial charge in [-0.1, -0.05) is 6.07 Å². The van der Waals surface area contributed by atoms with Gasteiger partial charge in [0.15, 0.2) is 9.84 Å². The molecule has 6 nitrogen and oxygen atoms in total. The summed E-state index contributed by atoms with van der Waals surface area (Å²) >= 11 is 0. The quantitative estimate of drug-likeness (QED) is 0.852. The van der Waals surface area contributed by atoms with Crippen LogP contribution in [0, 0.1) is 6.92 Å². The lowest BCUT2D eigenvalue weighted by molar-refractivity contribution is 0.0615. The highest BCUT2D eigenvalue weighted by Crippen LogP contribution is 2.18. The molecule has 1 aromatic rings. The minimum absolute atomic E-state index is 0.115. The molecule has 1 fully saturated rings. The van der Waals surface area contributed by atoms with E-state index < -0.39 is 9.84 Å². The number of amides is 1. The Morgan fingerprint density at radius 3 is 2.41 bits per heavy atom. The summed E-state index contributed by atoms with van der Waals surface area (Å²) in [5.41, 5.74) is 1.05. The van der Waals surface area contributed by atoms with Gasteiger partial charge in [-0.15, -0.1) is 0 Å². The lowest BCUT2D eigenvalue weighted by atomic mass is 10.1. The Hall–Kier alpha value is -1.44. The van der Waals surface area contributed by atoms with Gasteiger partial charge in [0.05, 0.1) is 11.5 Å². The van der Waals surface area contributed by atoms with Crippen LogP contribution in [0.2, 0.25) is 0 Å². The number of hydrogen-bond acceptors (Lipinski definition) is 5. The number of aliphatic hydroxyl groups is 1. The van der Waals surface area contributed by atoms with E-state index >= 15 is 0 Å². The molecule has 0 unspecified atom stereocenters. The Labute approximate surface area is 131 Å². The van der Waals surface area contributed by atoms with E-state index in [1.807, 2.05) is 0 Å². The fraction of sp³-hybridized carbons (Fsp3) is 0.533. The lowest BCUT2D eigenvalue weighted by Gasteiger charge is -2.34. The molecule has 0 aromatic heterocycles. The highest BCUT2D eigenvalue weighted by atomic mass is 32.2. The van der Waals surface area contributed by atoms with Gasteiger partial charge in [-0.3, -0.25) is 9.69 Å². The van der Waals surface area contributed by atoms with Crippen molar-refractivity contribution in [1.82, 2.24) is 9.80 Å². The van der Waals surface area contributed by atoms with Crippen LogP contribution in [0.25, 0.3) is 0 Å². The van der Waals surface area contributed by atoms with Crippen molar-refractivity contribution in [2.75, 3.05) is 45.6 Å². The van der Waals surface area contributed by atoms with Crippen molar-refractivity contribution in [3.8, 4) is 0 Å². The molecule has 0 spiro atoms. The van der Waals surface area contributed by atoms with Gasteiger partial charge in [-0.2, -0.15) is 0 Å². The van der Waals surface area contributed by atoms with Crippen molar-refractivity contribution < 1.29 is 18.3 Å². The van der Waals surface area contributed by atoms with E-state index in [9.17, 15) is 13.2 Å². The molecule has 0 aliphatic carbocycles. The summed E-state index contributed by atoms with van der Waals surface area (Å²) in [5, 5.41) is 8.93.